The number of ether oxygens (including phenoxy) is 3. The normalized spacial score (nSPS) is 24.7. The highest BCUT2D eigenvalue weighted by Gasteiger charge is 2.57. The highest BCUT2D eigenvalue weighted by atomic mass is 79.9. The minimum Gasteiger partial charge on any atom is -0.479 e. The van der Waals surface area contributed by atoms with Crippen molar-refractivity contribution >= 4 is 46.7 Å². The van der Waals surface area contributed by atoms with Gasteiger partial charge in [0.05, 0.1) is 26.7 Å². The van der Waals surface area contributed by atoms with Crippen LogP contribution in [0, 0.1) is 0 Å². The van der Waals surface area contributed by atoms with E-state index in [4.69, 9.17) is 24.5 Å². The van der Waals surface area contributed by atoms with Gasteiger partial charge in [0.15, 0.2) is 17.4 Å². The third-order valence-electron chi connectivity index (χ3n) is 6.03. The van der Waals surface area contributed by atoms with Crippen LogP contribution in [0.15, 0.2) is 30.9 Å². The number of carbonyl (C=O) groups is 1. The number of nitrogens with two attached hydrogens (primary N) is 1. The lowest BCUT2D eigenvalue weighted by atomic mass is 10.1. The first-order valence-electron chi connectivity index (χ1n) is 12.6. The van der Waals surface area contributed by atoms with Crippen molar-refractivity contribution in [3.05, 3.63) is 36.4 Å². The molecule has 1 aliphatic heterocycles. The number of fused-ring (bicyclic) bond motifs is 1. The number of carbonyl (C=O) groups excluding carboxylic acids is 1. The summed E-state index contributed by atoms with van der Waals surface area (Å²) in [5, 5.41) is 16.2. The number of nitrogens with one attached hydrogen (secondary N) is 2. The van der Waals surface area contributed by atoms with Crippen molar-refractivity contribution < 1.29 is 37.6 Å². The van der Waals surface area contributed by atoms with Crippen LogP contribution in [0.4, 0.5) is 10.3 Å². The average Bonchev–Trinajstić information content (AvgIpc) is 3.46. The van der Waals surface area contributed by atoms with E-state index >= 15 is 4.39 Å². The van der Waals surface area contributed by atoms with E-state index in [0.717, 1.165) is 0 Å². The molecular formula is C23H31BrFN8O7P. The van der Waals surface area contributed by atoms with E-state index in [1.165, 1.54) is 24.9 Å². The van der Waals surface area contributed by atoms with Gasteiger partial charge in [0.1, 0.15) is 18.2 Å². The number of rotatable bonds is 13. The zero-order valence-corrected chi connectivity index (χ0v) is 24.9. The van der Waals surface area contributed by atoms with E-state index < -0.39 is 49.3 Å². The molecule has 1 saturated heterocycles. The van der Waals surface area contributed by atoms with Crippen LogP contribution in [0.25, 0.3) is 11.2 Å². The first-order chi connectivity index (χ1) is 19.5. The van der Waals surface area contributed by atoms with Crippen molar-refractivity contribution in [3.8, 4) is 5.88 Å². The Hall–Kier alpha value is -2.79. The molecule has 1 aliphatic rings. The molecule has 0 saturated carbocycles. The highest BCUT2D eigenvalue weighted by Crippen LogP contribution is 2.48. The zero-order valence-electron chi connectivity index (χ0n) is 22.4. The van der Waals surface area contributed by atoms with Crippen molar-refractivity contribution in [2.24, 2.45) is 0 Å². The summed E-state index contributed by atoms with van der Waals surface area (Å²) in [7, 11) is -2.65. The molecule has 41 heavy (non-hydrogen) atoms. The molecule has 0 spiro atoms. The van der Waals surface area contributed by atoms with E-state index in [1.807, 2.05) is 6.92 Å². The molecule has 1 fully saturated rings. The predicted octanol–water partition coefficient (Wildman–Crippen LogP) is 1.98. The summed E-state index contributed by atoms with van der Waals surface area (Å²) in [6.45, 7) is 3.02. The Morgan fingerprint density at radius 3 is 2.90 bits per heavy atom. The summed E-state index contributed by atoms with van der Waals surface area (Å²) in [6, 6.07) is 2.43. The van der Waals surface area contributed by atoms with E-state index in [9.17, 15) is 14.5 Å². The quantitative estimate of drug-likeness (QED) is 0.118. The lowest BCUT2D eigenvalue weighted by molar-refractivity contribution is -0.145. The van der Waals surface area contributed by atoms with Crippen LogP contribution in [-0.4, -0.2) is 78.7 Å². The van der Waals surface area contributed by atoms with Crippen molar-refractivity contribution in [2.75, 3.05) is 26.1 Å². The fourth-order valence-corrected chi connectivity index (χ4v) is 6.21. The number of imidazole rings is 1. The molecule has 18 heteroatoms. The summed E-state index contributed by atoms with van der Waals surface area (Å²) < 4.78 is 50.2. The number of pyridine rings is 1. The Morgan fingerprint density at radius 1 is 1.44 bits per heavy atom. The fraction of sp³-hybridized carbons (Fsp3) is 0.522. The van der Waals surface area contributed by atoms with Gasteiger partial charge >= 0.3 is 13.6 Å². The number of nitrogens with zero attached hydrogens (tertiary/aromatic N) is 5. The molecule has 5 N–H and O–H groups in total. The van der Waals surface area contributed by atoms with Crippen LogP contribution in [-0.2, 0) is 29.9 Å². The van der Waals surface area contributed by atoms with Gasteiger partial charge in [0, 0.05) is 18.9 Å². The Balaban J connectivity index is 1.53. The van der Waals surface area contributed by atoms with Crippen LogP contribution in [0.5, 0.6) is 5.88 Å². The Labute approximate surface area is 243 Å². The molecule has 0 radical (unpaired) electrons. The van der Waals surface area contributed by atoms with Gasteiger partial charge in [-0.2, -0.15) is 9.97 Å². The summed E-state index contributed by atoms with van der Waals surface area (Å²) in [5.41, 5.74) is 6.74. The van der Waals surface area contributed by atoms with Gasteiger partial charge in [0.25, 0.3) is 0 Å². The molecule has 15 nitrogen and oxygen atoms in total. The fourth-order valence-electron chi connectivity index (χ4n) is 3.97. The van der Waals surface area contributed by atoms with Gasteiger partial charge in [-0.25, -0.2) is 19.5 Å². The number of esters is 1. The summed E-state index contributed by atoms with van der Waals surface area (Å²) >= 11 is 2.92. The molecule has 4 rings (SSSR count). The standard InChI is InChI=1S/C23H31BrFN8O7P/c1-4-8-38-20(35)13(2)32-41(36,29-10-14-6-5-7-27-9-14)39-11-15-17(34)23(24,25)21(40-15)33-12-28-16-18(33)30-22(26)31-19(16)37-3/h5-7,9,12-13,15,17,21,34H,4,8,10-11H2,1-3H3,(H2,26,30,31)(H2,29,32,36)/t13-,15+,17?,21+,23+,41?/m0/s1. The van der Waals surface area contributed by atoms with E-state index in [-0.39, 0.29) is 36.1 Å². The molecular weight excluding hydrogens is 630 g/mol. The van der Waals surface area contributed by atoms with Gasteiger partial charge in [-0.3, -0.25) is 18.9 Å². The minimum absolute atomic E-state index is 0.0566. The smallest absolute Gasteiger partial charge is 0.341 e. The maximum Gasteiger partial charge on any atom is 0.341 e. The van der Waals surface area contributed by atoms with Crippen LogP contribution in [0.1, 0.15) is 32.1 Å². The number of alkyl halides is 2. The van der Waals surface area contributed by atoms with Crippen LogP contribution < -0.4 is 20.6 Å². The van der Waals surface area contributed by atoms with E-state index in [0.29, 0.717) is 12.0 Å². The summed E-state index contributed by atoms with van der Waals surface area (Å²) in [5.74, 6) is -0.711. The molecule has 2 unspecified atom stereocenters. The first-order valence-corrected chi connectivity index (χ1v) is 15.0. The second-order valence-corrected chi connectivity index (χ2v) is 12.3. The topological polar surface area (TPSA) is 198 Å². The number of anilines is 1. The highest BCUT2D eigenvalue weighted by molar-refractivity contribution is 9.10. The van der Waals surface area contributed by atoms with Crippen molar-refractivity contribution in [3.63, 3.8) is 0 Å². The number of aromatic nitrogens is 5. The molecule has 6 atom stereocenters. The maximum atomic E-state index is 15.9. The molecule has 0 aliphatic carbocycles. The predicted molar refractivity (Wildman–Crippen MR) is 147 cm³/mol. The third-order valence-corrected chi connectivity index (χ3v) is 8.71. The number of aliphatic hydroxyl groups is 1. The first kappa shape index (κ1) is 31.2. The van der Waals surface area contributed by atoms with E-state index in [2.05, 4.69) is 46.0 Å². The van der Waals surface area contributed by atoms with Gasteiger partial charge in [0.2, 0.25) is 16.4 Å². The van der Waals surface area contributed by atoms with Gasteiger partial charge in [-0.05, 0) is 40.9 Å². The Kier molecular flexibility index (Phi) is 9.89. The van der Waals surface area contributed by atoms with Gasteiger partial charge in [-0.1, -0.05) is 13.0 Å². The molecule has 0 bridgehead atoms. The van der Waals surface area contributed by atoms with Crippen molar-refractivity contribution in [2.45, 2.75) is 55.9 Å². The minimum atomic E-state index is -4.01. The lowest BCUT2D eigenvalue weighted by Gasteiger charge is -2.25. The molecule has 3 aromatic heterocycles. The van der Waals surface area contributed by atoms with Gasteiger partial charge in [-0.15, -0.1) is 0 Å². The largest absolute Gasteiger partial charge is 0.479 e. The number of methoxy groups -OCH3 is 1. The van der Waals surface area contributed by atoms with E-state index in [1.54, 1.807) is 24.5 Å². The number of nitrogen functional groups attached to an aromatic ring is 1. The Morgan fingerprint density at radius 2 is 2.22 bits per heavy atom. The van der Waals surface area contributed by atoms with Gasteiger partial charge < -0.3 is 29.6 Å². The molecule has 224 valence electrons. The molecule has 0 amide bonds. The van der Waals surface area contributed by atoms with Crippen LogP contribution >= 0.6 is 23.6 Å². The zero-order chi connectivity index (χ0) is 29.8. The second kappa shape index (κ2) is 13.0. The SMILES string of the molecule is CCCOC(=O)[C@H](C)NP(=O)(NCc1cccnc1)OC[C@H]1O[C@@H](n2cnc3c(OC)nc(N)nc32)[C@@](F)(Br)C1O. The second-order valence-electron chi connectivity index (χ2n) is 9.12. The molecule has 0 aromatic carbocycles. The average molecular weight is 661 g/mol. The van der Waals surface area contributed by atoms with Crippen LogP contribution in [0.3, 0.4) is 0 Å². The number of halogens is 2. The number of aliphatic hydroxyl groups excluding tert-OH is 1. The van der Waals surface area contributed by atoms with Crippen molar-refractivity contribution in [1.29, 1.82) is 0 Å². The lowest BCUT2D eigenvalue weighted by Crippen LogP contribution is -2.40. The molecule has 4 heterocycles. The number of hydrogen-bond acceptors (Lipinski definition) is 12. The summed E-state index contributed by atoms with van der Waals surface area (Å²) in [6.07, 6.45) is 0.400. The number of hydrogen-bond donors (Lipinski definition) is 4. The molecule has 3 aromatic rings. The van der Waals surface area contributed by atoms with Crippen LogP contribution in [0.2, 0.25) is 0 Å². The summed E-state index contributed by atoms with van der Waals surface area (Å²) in [4.78, 5) is 28.6. The van der Waals surface area contributed by atoms with Crippen molar-refractivity contribution in [1.82, 2.24) is 34.7 Å². The third kappa shape index (κ3) is 6.99. The maximum absolute atomic E-state index is 15.9. The monoisotopic (exact) mass is 660 g/mol. The Bertz CT molecular complexity index is 1400.